The largest absolute Gasteiger partial charge is 0.411 e. The highest BCUT2D eigenvalue weighted by molar-refractivity contribution is 4.87. The predicted molar refractivity (Wildman–Crippen MR) is 101 cm³/mol. The van der Waals surface area contributed by atoms with Gasteiger partial charge in [-0.1, -0.05) is 0 Å². The summed E-state index contributed by atoms with van der Waals surface area (Å²) in [6, 6.07) is 0.408. The summed E-state index contributed by atoms with van der Waals surface area (Å²) in [6.45, 7) is 1.01. The Bertz CT molecular complexity index is 503. The maximum atomic E-state index is 13.3. The van der Waals surface area contributed by atoms with Gasteiger partial charge in [-0.05, 0) is 52.1 Å². The van der Waals surface area contributed by atoms with Gasteiger partial charge in [0.1, 0.15) is 25.4 Å². The lowest BCUT2D eigenvalue weighted by atomic mass is 9.88. The second kappa shape index (κ2) is 10.2. The maximum absolute atomic E-state index is 13.3. The third-order valence-corrected chi connectivity index (χ3v) is 6.04. The standard InChI is InChI=1S/C18H34F4N6O/c1-27(2)14-7-8-28(10-14)16-24-15(23-9-12-3-5-13(19)6-4-12)25-17(26-16)29-11-18(20,21)22/h12-17,23-26H,3-11H2,1-2H3. The van der Waals surface area contributed by atoms with Crippen molar-refractivity contribution in [1.29, 1.82) is 0 Å². The summed E-state index contributed by atoms with van der Waals surface area (Å²) in [4.78, 5) is 4.34. The van der Waals surface area contributed by atoms with Crippen LogP contribution >= 0.6 is 0 Å². The molecule has 1 aliphatic carbocycles. The fourth-order valence-electron chi connectivity index (χ4n) is 4.23. The Hall–Kier alpha value is -0.560. The number of rotatable bonds is 7. The fourth-order valence-corrected chi connectivity index (χ4v) is 4.23. The minimum absolute atomic E-state index is 0.307. The van der Waals surface area contributed by atoms with Gasteiger partial charge in [0.15, 0.2) is 6.35 Å². The van der Waals surface area contributed by atoms with Gasteiger partial charge < -0.3 is 9.64 Å². The van der Waals surface area contributed by atoms with Gasteiger partial charge in [-0.2, -0.15) is 13.2 Å². The normalized spacial score (nSPS) is 37.3. The number of hydrogen-bond donors (Lipinski definition) is 4. The number of likely N-dealkylation sites (N-methyl/N-ethyl adjacent to an activating group) is 1. The average molecular weight is 427 g/mol. The molecule has 3 rings (SSSR count). The molecule has 7 nitrogen and oxygen atoms in total. The van der Waals surface area contributed by atoms with Crippen LogP contribution in [0.2, 0.25) is 0 Å². The number of likely N-dealkylation sites (tertiary alicyclic amines) is 1. The Morgan fingerprint density at radius 1 is 1.07 bits per heavy atom. The van der Waals surface area contributed by atoms with Gasteiger partial charge in [-0.3, -0.25) is 26.2 Å². The molecule has 0 amide bonds. The molecule has 2 aliphatic heterocycles. The van der Waals surface area contributed by atoms with Crippen molar-refractivity contribution in [2.24, 2.45) is 5.92 Å². The molecule has 2 saturated heterocycles. The second-order valence-corrected chi connectivity index (χ2v) is 8.57. The van der Waals surface area contributed by atoms with Crippen molar-refractivity contribution >= 4 is 0 Å². The van der Waals surface area contributed by atoms with Crippen LogP contribution in [-0.4, -0.2) is 87.5 Å². The van der Waals surface area contributed by atoms with Crippen molar-refractivity contribution < 1.29 is 22.3 Å². The fraction of sp³-hybridized carbons (Fsp3) is 1.00. The van der Waals surface area contributed by atoms with Crippen LogP contribution in [0.25, 0.3) is 0 Å². The molecule has 4 N–H and O–H groups in total. The second-order valence-electron chi connectivity index (χ2n) is 8.57. The van der Waals surface area contributed by atoms with E-state index in [0.717, 1.165) is 32.4 Å². The maximum Gasteiger partial charge on any atom is 0.411 e. The molecule has 0 bridgehead atoms. The summed E-state index contributed by atoms with van der Waals surface area (Å²) in [6.07, 6.45) is -2.91. The zero-order valence-electron chi connectivity index (χ0n) is 17.1. The first kappa shape index (κ1) is 23.1. The van der Waals surface area contributed by atoms with E-state index in [0.29, 0.717) is 31.3 Å². The van der Waals surface area contributed by atoms with E-state index in [1.54, 1.807) is 0 Å². The van der Waals surface area contributed by atoms with Gasteiger partial charge >= 0.3 is 6.18 Å². The Labute approximate surface area is 169 Å². The summed E-state index contributed by atoms with van der Waals surface area (Å²) in [5.41, 5.74) is 0. The van der Waals surface area contributed by atoms with E-state index in [-0.39, 0.29) is 6.29 Å². The molecule has 3 fully saturated rings. The summed E-state index contributed by atoms with van der Waals surface area (Å²) in [5.74, 6) is 0.374. The number of halogens is 4. The third-order valence-electron chi connectivity index (χ3n) is 6.04. The van der Waals surface area contributed by atoms with Crippen molar-refractivity contribution in [1.82, 2.24) is 31.1 Å². The molecule has 29 heavy (non-hydrogen) atoms. The van der Waals surface area contributed by atoms with Crippen molar-refractivity contribution in [2.75, 3.05) is 40.3 Å². The van der Waals surface area contributed by atoms with Crippen LogP contribution in [0.15, 0.2) is 0 Å². The SMILES string of the molecule is CN(C)C1CCN(C2NC(NCC3CCC(F)CC3)NC(OCC(F)(F)F)N2)C1. The van der Waals surface area contributed by atoms with Crippen molar-refractivity contribution in [2.45, 2.75) is 69.4 Å². The monoisotopic (exact) mass is 426 g/mol. The van der Waals surface area contributed by atoms with Crippen LogP contribution in [0.3, 0.4) is 0 Å². The van der Waals surface area contributed by atoms with Gasteiger partial charge in [0.2, 0.25) is 0 Å². The first-order valence-corrected chi connectivity index (χ1v) is 10.4. The van der Waals surface area contributed by atoms with Crippen LogP contribution in [0.5, 0.6) is 0 Å². The topological polar surface area (TPSA) is 63.8 Å². The Morgan fingerprint density at radius 3 is 2.41 bits per heavy atom. The van der Waals surface area contributed by atoms with Crippen molar-refractivity contribution in [3.8, 4) is 0 Å². The highest BCUT2D eigenvalue weighted by Crippen LogP contribution is 2.25. The molecule has 11 heteroatoms. The van der Waals surface area contributed by atoms with E-state index in [4.69, 9.17) is 4.74 Å². The molecule has 3 aliphatic rings. The summed E-state index contributed by atoms with van der Waals surface area (Å²) < 4.78 is 56.2. The van der Waals surface area contributed by atoms with Crippen molar-refractivity contribution in [3.05, 3.63) is 0 Å². The number of alkyl halides is 4. The average Bonchev–Trinajstić information content (AvgIpc) is 3.16. The highest BCUT2D eigenvalue weighted by Gasteiger charge is 2.37. The number of hydrogen-bond acceptors (Lipinski definition) is 7. The lowest BCUT2D eigenvalue weighted by Crippen LogP contribution is -2.75. The minimum atomic E-state index is -4.39. The van der Waals surface area contributed by atoms with Gasteiger partial charge in [0, 0.05) is 25.7 Å². The zero-order chi connectivity index (χ0) is 21.0. The van der Waals surface area contributed by atoms with Crippen molar-refractivity contribution in [3.63, 3.8) is 0 Å². The highest BCUT2D eigenvalue weighted by atomic mass is 19.4. The van der Waals surface area contributed by atoms with Crippen LogP contribution in [0.4, 0.5) is 17.6 Å². The van der Waals surface area contributed by atoms with Gasteiger partial charge in [0.25, 0.3) is 0 Å². The number of nitrogens with one attached hydrogen (secondary N) is 4. The number of nitrogens with zero attached hydrogens (tertiary/aromatic N) is 2. The number of ether oxygens (including phenoxy) is 1. The Morgan fingerprint density at radius 2 is 1.79 bits per heavy atom. The van der Waals surface area contributed by atoms with Crippen LogP contribution in [0.1, 0.15) is 32.1 Å². The quantitative estimate of drug-likeness (QED) is 0.452. The zero-order valence-corrected chi connectivity index (χ0v) is 17.1. The molecule has 0 radical (unpaired) electrons. The summed E-state index contributed by atoms with van der Waals surface area (Å²) in [5, 5.41) is 12.8. The molecule has 0 spiro atoms. The third kappa shape index (κ3) is 7.27. The van der Waals surface area contributed by atoms with E-state index in [1.165, 1.54) is 0 Å². The molecule has 0 aromatic rings. The lowest BCUT2D eigenvalue weighted by Gasteiger charge is -2.43. The summed E-state index contributed by atoms with van der Waals surface area (Å²) >= 11 is 0. The van der Waals surface area contributed by atoms with Gasteiger partial charge in [0.05, 0.1) is 0 Å². The van der Waals surface area contributed by atoms with E-state index in [9.17, 15) is 17.6 Å². The Kier molecular flexibility index (Phi) is 8.10. The van der Waals surface area contributed by atoms with Crippen LogP contribution < -0.4 is 21.3 Å². The molecule has 0 aromatic heterocycles. The van der Waals surface area contributed by atoms with Gasteiger partial charge in [-0.25, -0.2) is 4.39 Å². The first-order chi connectivity index (χ1) is 13.7. The van der Waals surface area contributed by atoms with E-state index < -0.39 is 31.6 Å². The molecular weight excluding hydrogens is 392 g/mol. The molecule has 170 valence electrons. The molecule has 2 heterocycles. The molecule has 4 atom stereocenters. The Balaban J connectivity index is 1.54. The molecule has 4 unspecified atom stereocenters. The van der Waals surface area contributed by atoms with Gasteiger partial charge in [-0.15, -0.1) is 0 Å². The van der Waals surface area contributed by atoms with E-state index in [1.807, 2.05) is 14.1 Å². The predicted octanol–water partition coefficient (Wildman–Crippen LogP) is 0.952. The van der Waals surface area contributed by atoms with Crippen LogP contribution in [0, 0.1) is 5.92 Å². The smallest absolute Gasteiger partial charge is 0.340 e. The molecular formula is C18H34F4N6O. The van der Waals surface area contributed by atoms with Crippen LogP contribution in [-0.2, 0) is 4.74 Å². The minimum Gasteiger partial charge on any atom is -0.340 e. The molecule has 0 aromatic carbocycles. The molecule has 1 saturated carbocycles. The first-order valence-electron chi connectivity index (χ1n) is 10.4. The van der Waals surface area contributed by atoms with E-state index in [2.05, 4.69) is 31.1 Å². The van der Waals surface area contributed by atoms with E-state index >= 15 is 0 Å². The lowest BCUT2D eigenvalue weighted by molar-refractivity contribution is -0.201. The summed E-state index contributed by atoms with van der Waals surface area (Å²) in [7, 11) is 4.06.